The summed E-state index contributed by atoms with van der Waals surface area (Å²) in [6.45, 7) is 1.86. The van der Waals surface area contributed by atoms with Crippen molar-refractivity contribution in [3.63, 3.8) is 0 Å². The van der Waals surface area contributed by atoms with E-state index in [1.807, 2.05) is 6.92 Å². The van der Waals surface area contributed by atoms with Gasteiger partial charge in [-0.15, -0.1) is 0 Å². The predicted octanol–water partition coefficient (Wildman–Crippen LogP) is 5.52. The fourth-order valence-corrected chi connectivity index (χ4v) is 3.62. The van der Waals surface area contributed by atoms with Gasteiger partial charge >= 0.3 is 6.18 Å². The topological polar surface area (TPSA) is 123 Å². The zero-order valence-corrected chi connectivity index (χ0v) is 20.3. The van der Waals surface area contributed by atoms with Crippen LogP contribution in [-0.4, -0.2) is 35.4 Å². The maximum absolute atomic E-state index is 13.0. The standard InChI is InChI=1S/C26H20F3N9O/c1-16-5-6-19(35-24(39)17-3-2-4-18(11-17)26(27,28)29)12-20(16)36-25-32-9-10-38(25)23-13-21(33-15-34-23)37-22-14-30-7-8-31-22/h2-15H,1H3,(H,32,36)(H,35,39)(H,31,33,34,37). The number of carbonyl (C=O) groups is 1. The Morgan fingerprint density at radius 1 is 0.897 bits per heavy atom. The number of imidazole rings is 1. The minimum atomic E-state index is -4.55. The van der Waals surface area contributed by atoms with Crippen LogP contribution in [0, 0.1) is 6.92 Å². The van der Waals surface area contributed by atoms with E-state index in [4.69, 9.17) is 0 Å². The molecule has 0 bridgehead atoms. The van der Waals surface area contributed by atoms with E-state index in [1.54, 1.807) is 59.8 Å². The number of amides is 1. The van der Waals surface area contributed by atoms with Gasteiger partial charge in [0.1, 0.15) is 23.8 Å². The number of hydrogen-bond donors (Lipinski definition) is 3. The SMILES string of the molecule is Cc1ccc(NC(=O)c2cccc(C(F)(F)F)c2)cc1Nc1nccn1-c1cc(Nc2cnccn2)ncn1. The molecule has 5 aromatic rings. The van der Waals surface area contributed by atoms with E-state index in [9.17, 15) is 18.0 Å². The molecule has 0 fully saturated rings. The first-order chi connectivity index (χ1) is 18.8. The number of aromatic nitrogens is 6. The maximum atomic E-state index is 13.0. The zero-order chi connectivity index (χ0) is 27.4. The van der Waals surface area contributed by atoms with Gasteiger partial charge in [-0.3, -0.25) is 14.3 Å². The van der Waals surface area contributed by atoms with Crippen LogP contribution < -0.4 is 16.0 Å². The minimum absolute atomic E-state index is 0.106. The number of benzene rings is 2. The van der Waals surface area contributed by atoms with Crippen molar-refractivity contribution in [2.24, 2.45) is 0 Å². The average Bonchev–Trinajstić information content (AvgIpc) is 3.39. The van der Waals surface area contributed by atoms with Crippen molar-refractivity contribution in [3.05, 3.63) is 103 Å². The molecule has 2 aromatic carbocycles. The molecule has 5 rings (SSSR count). The van der Waals surface area contributed by atoms with Crippen LogP contribution in [0.1, 0.15) is 21.5 Å². The van der Waals surface area contributed by atoms with Crippen molar-refractivity contribution in [1.82, 2.24) is 29.5 Å². The van der Waals surface area contributed by atoms with Crippen LogP contribution in [0.5, 0.6) is 0 Å². The highest BCUT2D eigenvalue weighted by molar-refractivity contribution is 6.04. The molecule has 1 amide bonds. The molecule has 3 aromatic heterocycles. The zero-order valence-electron chi connectivity index (χ0n) is 20.3. The lowest BCUT2D eigenvalue weighted by Gasteiger charge is -2.14. The summed E-state index contributed by atoms with van der Waals surface area (Å²) in [5.41, 5.74) is 0.852. The predicted molar refractivity (Wildman–Crippen MR) is 138 cm³/mol. The molecule has 3 heterocycles. The molecule has 0 radical (unpaired) electrons. The molecule has 0 aliphatic heterocycles. The number of nitrogens with one attached hydrogen (secondary N) is 3. The first-order valence-electron chi connectivity index (χ1n) is 11.5. The third-order valence-corrected chi connectivity index (χ3v) is 5.55. The van der Waals surface area contributed by atoms with Crippen LogP contribution >= 0.6 is 0 Å². The molecule has 0 saturated heterocycles. The highest BCUT2D eigenvalue weighted by Crippen LogP contribution is 2.30. The molecule has 0 saturated carbocycles. The van der Waals surface area contributed by atoms with E-state index >= 15 is 0 Å². The van der Waals surface area contributed by atoms with E-state index < -0.39 is 17.6 Å². The molecule has 3 N–H and O–H groups in total. The maximum Gasteiger partial charge on any atom is 0.416 e. The van der Waals surface area contributed by atoms with Gasteiger partial charge in [-0.25, -0.2) is 19.9 Å². The van der Waals surface area contributed by atoms with Gasteiger partial charge in [0, 0.05) is 47.8 Å². The molecule has 0 aliphatic carbocycles. The van der Waals surface area contributed by atoms with E-state index in [0.717, 1.165) is 17.7 Å². The van der Waals surface area contributed by atoms with Crippen molar-refractivity contribution >= 4 is 34.9 Å². The van der Waals surface area contributed by atoms with Crippen molar-refractivity contribution in [1.29, 1.82) is 0 Å². The van der Waals surface area contributed by atoms with Gasteiger partial charge in [0.05, 0.1) is 11.8 Å². The van der Waals surface area contributed by atoms with Crippen molar-refractivity contribution in [3.8, 4) is 5.82 Å². The lowest BCUT2D eigenvalue weighted by molar-refractivity contribution is -0.137. The molecule has 10 nitrogen and oxygen atoms in total. The smallest absolute Gasteiger partial charge is 0.325 e. The van der Waals surface area contributed by atoms with Gasteiger partial charge in [-0.2, -0.15) is 13.2 Å². The minimum Gasteiger partial charge on any atom is -0.325 e. The molecule has 39 heavy (non-hydrogen) atoms. The Labute approximate surface area is 220 Å². The highest BCUT2D eigenvalue weighted by Gasteiger charge is 2.30. The molecule has 13 heteroatoms. The van der Waals surface area contributed by atoms with Gasteiger partial charge in [0.2, 0.25) is 5.95 Å². The number of rotatable bonds is 7. The second-order valence-corrected chi connectivity index (χ2v) is 8.29. The largest absolute Gasteiger partial charge is 0.416 e. The lowest BCUT2D eigenvalue weighted by Crippen LogP contribution is -2.14. The summed E-state index contributed by atoms with van der Waals surface area (Å²) in [6.07, 6.45) is 4.84. The number of nitrogens with zero attached hydrogens (tertiary/aromatic N) is 6. The summed E-state index contributed by atoms with van der Waals surface area (Å²) in [7, 11) is 0. The summed E-state index contributed by atoms with van der Waals surface area (Å²) >= 11 is 0. The van der Waals surface area contributed by atoms with E-state index in [2.05, 4.69) is 40.9 Å². The van der Waals surface area contributed by atoms with Crippen LogP contribution in [0.2, 0.25) is 0 Å². The van der Waals surface area contributed by atoms with Gasteiger partial charge in [0.25, 0.3) is 5.91 Å². The Morgan fingerprint density at radius 2 is 1.77 bits per heavy atom. The van der Waals surface area contributed by atoms with Gasteiger partial charge in [0.15, 0.2) is 0 Å². The number of hydrogen-bond acceptors (Lipinski definition) is 8. The Hall–Kier alpha value is -5.33. The normalized spacial score (nSPS) is 11.2. The Balaban J connectivity index is 1.35. The monoisotopic (exact) mass is 531 g/mol. The van der Waals surface area contributed by atoms with E-state index in [0.29, 0.717) is 34.8 Å². The molecular formula is C26H20F3N9O. The van der Waals surface area contributed by atoms with E-state index in [-0.39, 0.29) is 5.56 Å². The van der Waals surface area contributed by atoms with Gasteiger partial charge < -0.3 is 16.0 Å². The summed E-state index contributed by atoms with van der Waals surface area (Å²) in [5, 5.41) is 8.92. The first-order valence-corrected chi connectivity index (χ1v) is 11.5. The Morgan fingerprint density at radius 3 is 2.56 bits per heavy atom. The Bertz CT molecular complexity index is 1620. The fraction of sp³-hybridized carbons (Fsp3) is 0.0769. The number of aryl methyl sites for hydroxylation is 1. The molecule has 0 unspecified atom stereocenters. The van der Waals surface area contributed by atoms with Crippen LogP contribution in [0.4, 0.5) is 42.1 Å². The first kappa shape index (κ1) is 25.3. The van der Waals surface area contributed by atoms with Crippen LogP contribution in [-0.2, 0) is 6.18 Å². The second kappa shape index (κ2) is 10.6. The third-order valence-electron chi connectivity index (χ3n) is 5.55. The summed E-state index contributed by atoms with van der Waals surface area (Å²) < 4.78 is 40.8. The summed E-state index contributed by atoms with van der Waals surface area (Å²) in [6, 6.07) is 11.1. The van der Waals surface area contributed by atoms with Crippen molar-refractivity contribution in [2.45, 2.75) is 13.1 Å². The summed E-state index contributed by atoms with van der Waals surface area (Å²) in [4.78, 5) is 33.7. The number of carbonyl (C=O) groups excluding carboxylic acids is 1. The van der Waals surface area contributed by atoms with E-state index in [1.165, 1.54) is 18.5 Å². The number of alkyl halides is 3. The van der Waals surface area contributed by atoms with Gasteiger partial charge in [-0.05, 0) is 42.8 Å². The molecule has 0 spiro atoms. The third kappa shape index (κ3) is 5.98. The second-order valence-electron chi connectivity index (χ2n) is 8.29. The molecule has 0 aliphatic rings. The number of anilines is 5. The fourth-order valence-electron chi connectivity index (χ4n) is 3.62. The van der Waals surface area contributed by atoms with Crippen molar-refractivity contribution in [2.75, 3.05) is 16.0 Å². The highest BCUT2D eigenvalue weighted by atomic mass is 19.4. The van der Waals surface area contributed by atoms with Crippen LogP contribution in [0.15, 0.2) is 85.8 Å². The molecule has 0 atom stereocenters. The van der Waals surface area contributed by atoms with Gasteiger partial charge in [-0.1, -0.05) is 12.1 Å². The van der Waals surface area contributed by atoms with Crippen LogP contribution in [0.25, 0.3) is 5.82 Å². The van der Waals surface area contributed by atoms with Crippen molar-refractivity contribution < 1.29 is 18.0 Å². The molecular weight excluding hydrogens is 511 g/mol. The lowest BCUT2D eigenvalue weighted by atomic mass is 10.1. The van der Waals surface area contributed by atoms with Crippen LogP contribution in [0.3, 0.4) is 0 Å². The molecule has 196 valence electrons. The average molecular weight is 532 g/mol. The Kier molecular flexibility index (Phi) is 6.87. The summed E-state index contributed by atoms with van der Waals surface area (Å²) in [5.74, 6) is 1.30. The number of halogens is 3. The quantitative estimate of drug-likeness (QED) is 0.251.